The van der Waals surface area contributed by atoms with Crippen LogP contribution in [0, 0.1) is 0 Å². The fourth-order valence-corrected chi connectivity index (χ4v) is 3.18. The Morgan fingerprint density at radius 1 is 0.958 bits per heavy atom. The van der Waals surface area contributed by atoms with Gasteiger partial charge in [-0.2, -0.15) is 0 Å². The Bertz CT molecular complexity index is 1050. The highest BCUT2D eigenvalue weighted by molar-refractivity contribution is 6.12. The Labute approximate surface area is 139 Å². The van der Waals surface area contributed by atoms with E-state index >= 15 is 0 Å². The summed E-state index contributed by atoms with van der Waals surface area (Å²) in [5, 5.41) is 2.16. The first-order valence-corrected chi connectivity index (χ1v) is 7.63. The smallest absolute Gasteiger partial charge is 0.127 e. The molecule has 120 valence electrons. The van der Waals surface area contributed by atoms with Crippen molar-refractivity contribution in [1.82, 2.24) is 14.5 Å². The molecule has 0 radical (unpaired) electrons. The summed E-state index contributed by atoms with van der Waals surface area (Å²) in [7, 11) is 5.38. The number of hydrogen-bond acceptors (Lipinski definition) is 4. The van der Waals surface area contributed by atoms with Gasteiger partial charge in [-0.3, -0.25) is 0 Å². The average molecular weight is 319 g/mol. The minimum Gasteiger partial charge on any atom is -0.497 e. The zero-order valence-corrected chi connectivity index (χ0v) is 13.8. The van der Waals surface area contributed by atoms with E-state index in [2.05, 4.69) is 26.7 Å². The van der Waals surface area contributed by atoms with Gasteiger partial charge in [0.25, 0.3) is 0 Å². The third-order valence-electron chi connectivity index (χ3n) is 4.34. The second-order valence-electron chi connectivity index (χ2n) is 5.63. The Hall–Kier alpha value is -3.08. The summed E-state index contributed by atoms with van der Waals surface area (Å²) >= 11 is 0. The van der Waals surface area contributed by atoms with Crippen molar-refractivity contribution >= 4 is 21.8 Å². The third kappa shape index (κ3) is 2.09. The van der Waals surface area contributed by atoms with Crippen LogP contribution in [0.4, 0.5) is 0 Å². The molecular formula is C19H17N3O2. The predicted molar refractivity (Wildman–Crippen MR) is 94.6 cm³/mol. The van der Waals surface area contributed by atoms with Crippen LogP contribution in [0.3, 0.4) is 0 Å². The molecule has 0 amide bonds. The first kappa shape index (κ1) is 14.5. The van der Waals surface area contributed by atoms with Gasteiger partial charge in [0.2, 0.25) is 0 Å². The van der Waals surface area contributed by atoms with Crippen molar-refractivity contribution in [2.45, 2.75) is 0 Å². The first-order valence-electron chi connectivity index (χ1n) is 7.63. The summed E-state index contributed by atoms with van der Waals surface area (Å²) in [6.07, 6.45) is 5.48. The molecule has 0 saturated carbocycles. The number of aryl methyl sites for hydroxylation is 1. The van der Waals surface area contributed by atoms with E-state index in [1.165, 1.54) is 0 Å². The molecule has 2 aromatic heterocycles. The van der Waals surface area contributed by atoms with Crippen molar-refractivity contribution in [3.63, 3.8) is 0 Å². The Kier molecular flexibility index (Phi) is 3.34. The minimum atomic E-state index is 0.788. The second kappa shape index (κ2) is 5.53. The number of aromatic nitrogens is 3. The molecule has 0 unspecified atom stereocenters. The van der Waals surface area contributed by atoms with E-state index in [1.807, 2.05) is 37.6 Å². The molecule has 4 aromatic rings. The van der Waals surface area contributed by atoms with E-state index in [0.717, 1.165) is 44.4 Å². The van der Waals surface area contributed by atoms with Crippen molar-refractivity contribution in [1.29, 1.82) is 0 Å². The van der Waals surface area contributed by atoms with Crippen LogP contribution >= 0.6 is 0 Å². The largest absolute Gasteiger partial charge is 0.497 e. The molecule has 0 aliphatic rings. The van der Waals surface area contributed by atoms with Gasteiger partial charge in [0.05, 0.1) is 25.3 Å². The molecule has 24 heavy (non-hydrogen) atoms. The maximum Gasteiger partial charge on any atom is 0.127 e. The molecule has 4 rings (SSSR count). The molecule has 0 N–H and O–H groups in total. The maximum atomic E-state index is 5.58. The number of ether oxygens (including phenoxy) is 2. The van der Waals surface area contributed by atoms with Crippen LogP contribution in [0.5, 0.6) is 11.5 Å². The molecule has 0 spiro atoms. The molecule has 2 heterocycles. The fourth-order valence-electron chi connectivity index (χ4n) is 3.18. The van der Waals surface area contributed by atoms with Gasteiger partial charge < -0.3 is 14.0 Å². The van der Waals surface area contributed by atoms with Crippen LogP contribution < -0.4 is 9.47 Å². The van der Waals surface area contributed by atoms with Crippen LogP contribution in [0.1, 0.15) is 0 Å². The summed E-state index contributed by atoms with van der Waals surface area (Å²) in [5.74, 6) is 1.59. The number of benzene rings is 2. The predicted octanol–water partition coefficient (Wildman–Crippen LogP) is 3.81. The summed E-state index contributed by atoms with van der Waals surface area (Å²) in [4.78, 5) is 8.60. The molecule has 2 aromatic carbocycles. The van der Waals surface area contributed by atoms with Gasteiger partial charge in [-0.05, 0) is 30.3 Å². The van der Waals surface area contributed by atoms with Gasteiger partial charge in [0.1, 0.15) is 17.8 Å². The number of fused-ring (bicyclic) bond motifs is 3. The van der Waals surface area contributed by atoms with Crippen LogP contribution in [-0.2, 0) is 7.05 Å². The fraction of sp³-hybridized carbons (Fsp3) is 0.158. The Balaban J connectivity index is 2.14. The standard InChI is InChI=1S/C19H17N3O2/c1-22-7-6-13-16-10-20-11-21-17(16)9-15(19(13)22)14-8-12(23-2)4-5-18(14)24-3/h4-11H,1-3H3. The lowest BCUT2D eigenvalue weighted by atomic mass is 9.99. The van der Waals surface area contributed by atoms with Gasteiger partial charge in [0, 0.05) is 41.3 Å². The van der Waals surface area contributed by atoms with E-state index in [0.29, 0.717) is 0 Å². The van der Waals surface area contributed by atoms with E-state index in [-0.39, 0.29) is 0 Å². The maximum absolute atomic E-state index is 5.58. The van der Waals surface area contributed by atoms with Gasteiger partial charge in [-0.25, -0.2) is 9.97 Å². The van der Waals surface area contributed by atoms with E-state index in [1.54, 1.807) is 20.5 Å². The summed E-state index contributed by atoms with van der Waals surface area (Å²) in [6.45, 7) is 0. The third-order valence-corrected chi connectivity index (χ3v) is 4.34. The molecule has 0 aliphatic heterocycles. The average Bonchev–Trinajstić information content (AvgIpc) is 3.02. The molecule has 0 saturated heterocycles. The lowest BCUT2D eigenvalue weighted by Crippen LogP contribution is -1.95. The topological polar surface area (TPSA) is 49.2 Å². The van der Waals surface area contributed by atoms with Crippen molar-refractivity contribution in [3.05, 3.63) is 49.1 Å². The summed E-state index contributed by atoms with van der Waals surface area (Å²) < 4.78 is 13.1. The summed E-state index contributed by atoms with van der Waals surface area (Å²) in [6, 6.07) is 9.99. The molecule has 0 atom stereocenters. The van der Waals surface area contributed by atoms with Crippen molar-refractivity contribution < 1.29 is 9.47 Å². The molecule has 5 nitrogen and oxygen atoms in total. The van der Waals surface area contributed by atoms with Gasteiger partial charge in [0.15, 0.2) is 0 Å². The van der Waals surface area contributed by atoms with E-state index < -0.39 is 0 Å². The van der Waals surface area contributed by atoms with Gasteiger partial charge in [-0.1, -0.05) is 0 Å². The van der Waals surface area contributed by atoms with Crippen LogP contribution in [0.2, 0.25) is 0 Å². The van der Waals surface area contributed by atoms with Crippen molar-refractivity contribution in [2.75, 3.05) is 14.2 Å². The van der Waals surface area contributed by atoms with E-state index in [9.17, 15) is 0 Å². The van der Waals surface area contributed by atoms with Crippen molar-refractivity contribution in [2.24, 2.45) is 7.05 Å². The number of hydrogen-bond donors (Lipinski definition) is 0. The quantitative estimate of drug-likeness (QED) is 0.576. The van der Waals surface area contributed by atoms with Crippen LogP contribution in [0.25, 0.3) is 32.9 Å². The number of nitrogens with zero attached hydrogens (tertiary/aromatic N) is 3. The van der Waals surface area contributed by atoms with Crippen LogP contribution in [0.15, 0.2) is 49.1 Å². The summed E-state index contributed by atoms with van der Waals surface area (Å²) in [5.41, 5.74) is 4.05. The normalized spacial score (nSPS) is 11.1. The minimum absolute atomic E-state index is 0.788. The molecule has 0 aliphatic carbocycles. The molecule has 0 fully saturated rings. The Morgan fingerprint density at radius 2 is 1.83 bits per heavy atom. The lowest BCUT2D eigenvalue weighted by molar-refractivity contribution is 0.404. The highest BCUT2D eigenvalue weighted by Gasteiger charge is 2.16. The van der Waals surface area contributed by atoms with Gasteiger partial charge in [-0.15, -0.1) is 0 Å². The van der Waals surface area contributed by atoms with Gasteiger partial charge >= 0.3 is 0 Å². The monoisotopic (exact) mass is 319 g/mol. The number of rotatable bonds is 3. The number of methoxy groups -OCH3 is 2. The highest BCUT2D eigenvalue weighted by atomic mass is 16.5. The second-order valence-corrected chi connectivity index (χ2v) is 5.63. The first-order chi connectivity index (χ1) is 11.7. The zero-order valence-electron chi connectivity index (χ0n) is 13.8. The Morgan fingerprint density at radius 3 is 2.62 bits per heavy atom. The van der Waals surface area contributed by atoms with E-state index in [4.69, 9.17) is 9.47 Å². The lowest BCUT2D eigenvalue weighted by Gasteiger charge is -2.14. The zero-order chi connectivity index (χ0) is 16.7. The molecular weight excluding hydrogens is 302 g/mol. The molecule has 5 heteroatoms. The molecule has 0 bridgehead atoms. The van der Waals surface area contributed by atoms with Crippen molar-refractivity contribution in [3.8, 4) is 22.6 Å². The highest BCUT2D eigenvalue weighted by Crippen LogP contribution is 2.40. The van der Waals surface area contributed by atoms with Crippen LogP contribution in [-0.4, -0.2) is 28.8 Å². The SMILES string of the molecule is COc1ccc(OC)c(-c2cc3ncncc3c3ccn(C)c23)c1.